The van der Waals surface area contributed by atoms with Gasteiger partial charge in [0.1, 0.15) is 18.0 Å². The predicted octanol–water partition coefficient (Wildman–Crippen LogP) is 4.54. The minimum atomic E-state index is -0.107. The summed E-state index contributed by atoms with van der Waals surface area (Å²) in [7, 11) is 0. The second-order valence-corrected chi connectivity index (χ2v) is 6.12. The quantitative estimate of drug-likeness (QED) is 0.631. The van der Waals surface area contributed by atoms with E-state index in [1.165, 1.54) is 18.8 Å². The van der Waals surface area contributed by atoms with Crippen molar-refractivity contribution in [3.05, 3.63) is 66.0 Å². The van der Waals surface area contributed by atoms with E-state index < -0.39 is 0 Å². The van der Waals surface area contributed by atoms with Gasteiger partial charge in [0.2, 0.25) is 5.91 Å². The van der Waals surface area contributed by atoms with E-state index in [1.807, 2.05) is 36.4 Å². The van der Waals surface area contributed by atoms with Crippen molar-refractivity contribution in [2.24, 2.45) is 0 Å². The zero-order chi connectivity index (χ0) is 18.5. The first-order chi connectivity index (χ1) is 12.5. The molecule has 1 heterocycles. The van der Waals surface area contributed by atoms with Crippen LogP contribution < -0.4 is 16.0 Å². The van der Waals surface area contributed by atoms with E-state index in [-0.39, 0.29) is 5.91 Å². The monoisotopic (exact) mass is 347 g/mol. The summed E-state index contributed by atoms with van der Waals surface area (Å²) in [5.41, 5.74) is 4.93. The number of hydrogen-bond donors (Lipinski definition) is 3. The lowest BCUT2D eigenvalue weighted by Crippen LogP contribution is -2.06. The van der Waals surface area contributed by atoms with E-state index in [9.17, 15) is 4.79 Å². The van der Waals surface area contributed by atoms with Gasteiger partial charge in [-0.1, -0.05) is 23.8 Å². The molecule has 2 aromatic carbocycles. The Morgan fingerprint density at radius 3 is 2.35 bits per heavy atom. The number of carbonyl (C=O) groups excluding carboxylic acids is 1. The molecule has 0 unspecified atom stereocenters. The molecule has 0 aliphatic carbocycles. The molecular weight excluding hydrogens is 326 g/mol. The fraction of sp³-hybridized carbons (Fsp3) is 0.150. The first-order valence-corrected chi connectivity index (χ1v) is 8.30. The second kappa shape index (κ2) is 7.65. The smallest absolute Gasteiger partial charge is 0.221 e. The van der Waals surface area contributed by atoms with Crippen LogP contribution in [0, 0.1) is 13.8 Å². The molecular formula is C20H21N5O. The van der Waals surface area contributed by atoms with Gasteiger partial charge in [0.05, 0.1) is 0 Å². The summed E-state index contributed by atoms with van der Waals surface area (Å²) in [6.07, 6.45) is 1.51. The third-order valence-corrected chi connectivity index (χ3v) is 3.77. The van der Waals surface area contributed by atoms with Gasteiger partial charge in [-0.2, -0.15) is 0 Å². The van der Waals surface area contributed by atoms with Crippen LogP contribution in [0.2, 0.25) is 0 Å². The summed E-state index contributed by atoms with van der Waals surface area (Å²) in [4.78, 5) is 19.7. The summed E-state index contributed by atoms with van der Waals surface area (Å²) < 4.78 is 0. The predicted molar refractivity (Wildman–Crippen MR) is 105 cm³/mol. The fourth-order valence-electron chi connectivity index (χ4n) is 2.61. The van der Waals surface area contributed by atoms with Gasteiger partial charge in [0, 0.05) is 30.1 Å². The van der Waals surface area contributed by atoms with E-state index in [4.69, 9.17) is 0 Å². The Bertz CT molecular complexity index is 939. The lowest BCUT2D eigenvalue weighted by molar-refractivity contribution is -0.114. The SMILES string of the molecule is CC(=O)Nc1cccc(Nc2cc(Nc3ccc(C)cc3C)ncn2)c1. The molecule has 132 valence electrons. The molecule has 6 heteroatoms. The molecule has 6 nitrogen and oxygen atoms in total. The number of carbonyl (C=O) groups is 1. The fourth-order valence-corrected chi connectivity index (χ4v) is 2.61. The van der Waals surface area contributed by atoms with Gasteiger partial charge in [-0.25, -0.2) is 9.97 Å². The molecule has 0 spiro atoms. The van der Waals surface area contributed by atoms with Gasteiger partial charge in [0.15, 0.2) is 0 Å². The summed E-state index contributed by atoms with van der Waals surface area (Å²) in [6.45, 7) is 5.61. The standard InChI is InChI=1S/C20H21N5O/c1-13-7-8-18(14(2)9-13)25-20-11-19(21-12-22-20)24-17-6-4-5-16(10-17)23-15(3)26/h4-12H,1-3H3,(H,23,26)(H2,21,22,24,25). The maximum atomic E-state index is 11.2. The third-order valence-electron chi connectivity index (χ3n) is 3.77. The van der Waals surface area contributed by atoms with Gasteiger partial charge in [-0.3, -0.25) is 4.79 Å². The molecule has 0 radical (unpaired) electrons. The average Bonchev–Trinajstić information content (AvgIpc) is 2.57. The topological polar surface area (TPSA) is 78.9 Å². The van der Waals surface area contributed by atoms with Crippen molar-refractivity contribution in [2.45, 2.75) is 20.8 Å². The molecule has 3 aromatic rings. The van der Waals surface area contributed by atoms with Gasteiger partial charge in [-0.15, -0.1) is 0 Å². The zero-order valence-electron chi connectivity index (χ0n) is 15.0. The lowest BCUT2D eigenvalue weighted by atomic mass is 10.1. The number of nitrogens with zero attached hydrogens (tertiary/aromatic N) is 2. The van der Waals surface area contributed by atoms with Crippen molar-refractivity contribution in [3.8, 4) is 0 Å². The van der Waals surface area contributed by atoms with Gasteiger partial charge in [0.25, 0.3) is 0 Å². The van der Waals surface area contributed by atoms with Gasteiger partial charge >= 0.3 is 0 Å². The summed E-state index contributed by atoms with van der Waals surface area (Å²) >= 11 is 0. The van der Waals surface area contributed by atoms with Crippen LogP contribution in [0.5, 0.6) is 0 Å². The van der Waals surface area contributed by atoms with Gasteiger partial charge in [-0.05, 0) is 43.7 Å². The molecule has 0 saturated heterocycles. The number of hydrogen-bond acceptors (Lipinski definition) is 5. The van der Waals surface area contributed by atoms with Crippen molar-refractivity contribution in [1.29, 1.82) is 0 Å². The number of nitrogens with one attached hydrogen (secondary N) is 3. The highest BCUT2D eigenvalue weighted by atomic mass is 16.1. The summed E-state index contributed by atoms with van der Waals surface area (Å²) in [5, 5.41) is 9.30. The van der Waals surface area contributed by atoms with Crippen LogP contribution in [-0.4, -0.2) is 15.9 Å². The molecule has 0 saturated carbocycles. The van der Waals surface area contributed by atoms with Crippen LogP contribution in [-0.2, 0) is 4.79 Å². The molecule has 0 aliphatic heterocycles. The van der Waals surface area contributed by atoms with Crippen LogP contribution in [0.1, 0.15) is 18.1 Å². The third kappa shape index (κ3) is 4.57. The Hall–Kier alpha value is -3.41. The first-order valence-electron chi connectivity index (χ1n) is 8.30. The highest BCUT2D eigenvalue weighted by Gasteiger charge is 2.04. The Kier molecular flexibility index (Phi) is 5.12. The number of rotatable bonds is 5. The van der Waals surface area contributed by atoms with Gasteiger partial charge < -0.3 is 16.0 Å². The molecule has 0 atom stereocenters. The van der Waals surface area contributed by atoms with Crippen LogP contribution >= 0.6 is 0 Å². The minimum absolute atomic E-state index is 0.107. The lowest BCUT2D eigenvalue weighted by Gasteiger charge is -2.11. The van der Waals surface area contributed by atoms with Crippen molar-refractivity contribution in [2.75, 3.05) is 16.0 Å². The largest absolute Gasteiger partial charge is 0.340 e. The second-order valence-electron chi connectivity index (χ2n) is 6.12. The number of amides is 1. The van der Waals surface area contributed by atoms with E-state index >= 15 is 0 Å². The van der Waals surface area contributed by atoms with Crippen molar-refractivity contribution < 1.29 is 4.79 Å². The zero-order valence-corrected chi connectivity index (χ0v) is 15.0. The van der Waals surface area contributed by atoms with Crippen molar-refractivity contribution in [1.82, 2.24) is 9.97 Å². The Labute approximate surface area is 152 Å². The van der Waals surface area contributed by atoms with Crippen LogP contribution in [0.25, 0.3) is 0 Å². The molecule has 3 N–H and O–H groups in total. The molecule has 26 heavy (non-hydrogen) atoms. The number of aryl methyl sites for hydroxylation is 2. The minimum Gasteiger partial charge on any atom is -0.340 e. The Balaban J connectivity index is 1.76. The van der Waals surface area contributed by atoms with Crippen LogP contribution in [0.4, 0.5) is 28.7 Å². The number of anilines is 5. The highest BCUT2D eigenvalue weighted by Crippen LogP contribution is 2.23. The average molecular weight is 347 g/mol. The first kappa shape index (κ1) is 17.4. The van der Waals surface area contributed by atoms with Crippen molar-refractivity contribution >= 4 is 34.6 Å². The molecule has 1 aromatic heterocycles. The Morgan fingerprint density at radius 1 is 0.885 bits per heavy atom. The Morgan fingerprint density at radius 2 is 1.62 bits per heavy atom. The number of benzene rings is 2. The molecule has 0 aliphatic rings. The normalized spacial score (nSPS) is 10.3. The maximum Gasteiger partial charge on any atom is 0.221 e. The molecule has 3 rings (SSSR count). The van der Waals surface area contributed by atoms with Crippen LogP contribution in [0.15, 0.2) is 54.9 Å². The van der Waals surface area contributed by atoms with E-state index in [1.54, 1.807) is 0 Å². The summed E-state index contributed by atoms with van der Waals surface area (Å²) in [5.74, 6) is 1.25. The van der Waals surface area contributed by atoms with Crippen molar-refractivity contribution in [3.63, 3.8) is 0 Å². The molecule has 0 bridgehead atoms. The van der Waals surface area contributed by atoms with E-state index in [0.29, 0.717) is 11.6 Å². The van der Waals surface area contributed by atoms with E-state index in [0.717, 1.165) is 22.6 Å². The highest BCUT2D eigenvalue weighted by molar-refractivity contribution is 5.89. The van der Waals surface area contributed by atoms with E-state index in [2.05, 4.69) is 51.9 Å². The summed E-state index contributed by atoms with van der Waals surface area (Å²) in [6, 6.07) is 15.5. The van der Waals surface area contributed by atoms with Crippen LogP contribution in [0.3, 0.4) is 0 Å². The molecule has 0 fully saturated rings. The molecule has 1 amide bonds. The maximum absolute atomic E-state index is 11.2. The number of aromatic nitrogens is 2.